The van der Waals surface area contributed by atoms with E-state index in [1.54, 1.807) is 29.2 Å². The van der Waals surface area contributed by atoms with Crippen LogP contribution in [0.25, 0.3) is 0 Å². The fourth-order valence-electron chi connectivity index (χ4n) is 3.40. The Morgan fingerprint density at radius 3 is 2.56 bits per heavy atom. The van der Waals surface area contributed by atoms with Crippen molar-refractivity contribution in [3.05, 3.63) is 59.7 Å². The molecule has 0 radical (unpaired) electrons. The second-order valence-corrected chi connectivity index (χ2v) is 6.53. The van der Waals surface area contributed by atoms with Gasteiger partial charge in [0.25, 0.3) is 0 Å². The molecule has 0 aromatic heterocycles. The minimum atomic E-state index is -1.000. The topological polar surface area (TPSA) is 73.2 Å². The summed E-state index contributed by atoms with van der Waals surface area (Å²) in [5.74, 6) is -0.450. The zero-order valence-corrected chi connectivity index (χ0v) is 13.7. The maximum absolute atomic E-state index is 13.1. The fourth-order valence-corrected chi connectivity index (χ4v) is 3.40. The molecule has 1 aliphatic carbocycles. The molecule has 25 heavy (non-hydrogen) atoms. The van der Waals surface area contributed by atoms with Gasteiger partial charge in [-0.1, -0.05) is 30.3 Å². The lowest BCUT2D eigenvalue weighted by molar-refractivity contribution is -0.132. The van der Waals surface area contributed by atoms with Gasteiger partial charge in [0.2, 0.25) is 11.8 Å². The highest BCUT2D eigenvalue weighted by atomic mass is 16.2. The van der Waals surface area contributed by atoms with Gasteiger partial charge in [0.1, 0.15) is 11.5 Å². The van der Waals surface area contributed by atoms with E-state index < -0.39 is 5.41 Å². The third-order valence-corrected chi connectivity index (χ3v) is 5.02. The van der Waals surface area contributed by atoms with Crippen LogP contribution in [-0.2, 0) is 16.0 Å². The first-order chi connectivity index (χ1) is 12.2. The van der Waals surface area contributed by atoms with E-state index in [0.29, 0.717) is 30.6 Å². The lowest BCUT2D eigenvalue weighted by Gasteiger charge is -2.23. The van der Waals surface area contributed by atoms with Crippen LogP contribution in [0.15, 0.2) is 48.5 Å². The van der Waals surface area contributed by atoms with Crippen molar-refractivity contribution in [3.63, 3.8) is 0 Å². The largest absolute Gasteiger partial charge is 0.324 e. The summed E-state index contributed by atoms with van der Waals surface area (Å²) in [6, 6.07) is 16.7. The Balaban J connectivity index is 1.57. The van der Waals surface area contributed by atoms with Gasteiger partial charge in [-0.15, -0.1) is 0 Å². The van der Waals surface area contributed by atoms with Crippen molar-refractivity contribution in [3.8, 4) is 6.07 Å². The number of anilines is 2. The Kier molecular flexibility index (Phi) is 3.54. The number of amides is 2. The van der Waals surface area contributed by atoms with Gasteiger partial charge in [0.15, 0.2) is 0 Å². The van der Waals surface area contributed by atoms with E-state index in [4.69, 9.17) is 5.26 Å². The highest BCUT2D eigenvalue weighted by molar-refractivity contribution is 6.18. The molecule has 2 amide bonds. The van der Waals surface area contributed by atoms with E-state index in [1.165, 1.54) is 0 Å². The van der Waals surface area contributed by atoms with Crippen LogP contribution in [-0.4, -0.2) is 18.4 Å². The number of nitriles is 1. The predicted octanol–water partition coefficient (Wildman–Crippen LogP) is 2.87. The second-order valence-electron chi connectivity index (χ2n) is 6.53. The van der Waals surface area contributed by atoms with E-state index in [0.717, 1.165) is 17.7 Å². The molecule has 5 heteroatoms. The van der Waals surface area contributed by atoms with Gasteiger partial charge in [0.05, 0.1) is 11.3 Å². The Morgan fingerprint density at radius 2 is 1.80 bits per heavy atom. The summed E-state index contributed by atoms with van der Waals surface area (Å²) in [4.78, 5) is 27.6. The maximum Gasteiger partial charge on any atom is 0.242 e. The van der Waals surface area contributed by atoms with Gasteiger partial charge in [-0.05, 0) is 43.0 Å². The summed E-state index contributed by atoms with van der Waals surface area (Å²) in [7, 11) is 0. The molecule has 0 unspecified atom stereocenters. The zero-order chi connectivity index (χ0) is 17.4. The summed E-state index contributed by atoms with van der Waals surface area (Å²) in [5, 5.41) is 11.9. The molecule has 0 atom stereocenters. The molecule has 1 fully saturated rings. The number of nitrogens with zero attached hydrogens (tertiary/aromatic N) is 2. The van der Waals surface area contributed by atoms with Crippen molar-refractivity contribution in [2.75, 3.05) is 16.8 Å². The smallest absolute Gasteiger partial charge is 0.242 e. The van der Waals surface area contributed by atoms with Crippen LogP contribution in [0.1, 0.15) is 24.0 Å². The number of fused-ring (bicyclic) bond motifs is 1. The van der Waals surface area contributed by atoms with Crippen molar-refractivity contribution < 1.29 is 9.59 Å². The van der Waals surface area contributed by atoms with Crippen molar-refractivity contribution in [2.24, 2.45) is 5.41 Å². The van der Waals surface area contributed by atoms with Crippen molar-refractivity contribution in [1.29, 1.82) is 5.26 Å². The van der Waals surface area contributed by atoms with Gasteiger partial charge >= 0.3 is 0 Å². The predicted molar refractivity (Wildman–Crippen MR) is 94.0 cm³/mol. The third kappa shape index (κ3) is 2.47. The van der Waals surface area contributed by atoms with Crippen LogP contribution < -0.4 is 10.2 Å². The number of para-hydroxylation sites is 2. The monoisotopic (exact) mass is 331 g/mol. The Morgan fingerprint density at radius 1 is 1.08 bits per heavy atom. The minimum absolute atomic E-state index is 0.135. The highest BCUT2D eigenvalue weighted by Gasteiger charge is 2.58. The van der Waals surface area contributed by atoms with E-state index in [9.17, 15) is 9.59 Å². The zero-order valence-electron chi connectivity index (χ0n) is 13.7. The number of benzene rings is 2. The molecule has 1 heterocycles. The first kappa shape index (κ1) is 15.4. The average molecular weight is 331 g/mol. The van der Waals surface area contributed by atoms with E-state index >= 15 is 0 Å². The molecule has 2 aliphatic rings. The molecule has 2 aromatic rings. The number of hydrogen-bond donors (Lipinski definition) is 1. The van der Waals surface area contributed by atoms with Crippen molar-refractivity contribution >= 4 is 23.2 Å². The molecular formula is C20H17N3O2. The van der Waals surface area contributed by atoms with Crippen LogP contribution in [0.4, 0.5) is 11.4 Å². The van der Waals surface area contributed by atoms with Gasteiger partial charge in [-0.25, -0.2) is 0 Å². The van der Waals surface area contributed by atoms with Crippen molar-refractivity contribution in [1.82, 2.24) is 0 Å². The maximum atomic E-state index is 13.1. The molecule has 4 rings (SSSR count). The van der Waals surface area contributed by atoms with Gasteiger partial charge in [-0.3, -0.25) is 9.59 Å². The summed E-state index contributed by atoms with van der Waals surface area (Å²) in [5.41, 5.74) is 1.90. The summed E-state index contributed by atoms with van der Waals surface area (Å²) in [6.45, 7) is 0.613. The average Bonchev–Trinajstić information content (AvgIpc) is 3.35. The Bertz CT molecular complexity index is 909. The number of nitrogens with one attached hydrogen (secondary N) is 1. The molecule has 5 nitrogen and oxygen atoms in total. The Labute approximate surface area is 145 Å². The van der Waals surface area contributed by atoms with Crippen LogP contribution in [0.3, 0.4) is 0 Å². The molecule has 0 saturated heterocycles. The first-order valence-corrected chi connectivity index (χ1v) is 8.36. The molecule has 124 valence electrons. The van der Waals surface area contributed by atoms with E-state index in [1.807, 2.05) is 24.3 Å². The third-order valence-electron chi connectivity index (χ3n) is 5.02. The molecule has 2 aromatic carbocycles. The summed E-state index contributed by atoms with van der Waals surface area (Å²) >= 11 is 0. The van der Waals surface area contributed by atoms with Gasteiger partial charge in [-0.2, -0.15) is 5.26 Å². The molecule has 1 aliphatic heterocycles. The molecule has 0 spiro atoms. The van der Waals surface area contributed by atoms with E-state index in [-0.39, 0.29) is 11.8 Å². The molecule has 1 N–H and O–H groups in total. The molecule has 1 saturated carbocycles. The van der Waals surface area contributed by atoms with Crippen LogP contribution in [0, 0.1) is 16.7 Å². The lowest BCUT2D eigenvalue weighted by Crippen LogP contribution is -2.42. The SMILES string of the molecule is N#Cc1ccccc1NC(=O)C1(C(=O)N2CCc3ccccc32)CC1. The van der Waals surface area contributed by atoms with Crippen LogP contribution >= 0.6 is 0 Å². The second kappa shape index (κ2) is 5.75. The Hall–Kier alpha value is -3.13. The molecule has 0 bridgehead atoms. The minimum Gasteiger partial charge on any atom is -0.324 e. The number of carbonyl (C=O) groups is 2. The van der Waals surface area contributed by atoms with Crippen LogP contribution in [0.2, 0.25) is 0 Å². The normalized spacial score (nSPS) is 16.7. The highest BCUT2D eigenvalue weighted by Crippen LogP contribution is 2.49. The lowest BCUT2D eigenvalue weighted by atomic mass is 10.0. The van der Waals surface area contributed by atoms with Crippen molar-refractivity contribution in [2.45, 2.75) is 19.3 Å². The fraction of sp³-hybridized carbons (Fsp3) is 0.250. The molecular weight excluding hydrogens is 314 g/mol. The summed E-state index contributed by atoms with van der Waals surface area (Å²) in [6.07, 6.45) is 1.91. The number of carbonyl (C=O) groups excluding carboxylic acids is 2. The quantitative estimate of drug-likeness (QED) is 0.879. The van der Waals surface area contributed by atoms with E-state index in [2.05, 4.69) is 11.4 Å². The first-order valence-electron chi connectivity index (χ1n) is 8.36. The summed E-state index contributed by atoms with van der Waals surface area (Å²) < 4.78 is 0. The van der Waals surface area contributed by atoms with Gasteiger partial charge < -0.3 is 10.2 Å². The number of rotatable bonds is 3. The van der Waals surface area contributed by atoms with Crippen LogP contribution in [0.5, 0.6) is 0 Å². The number of hydrogen-bond acceptors (Lipinski definition) is 3. The standard InChI is InChI=1S/C20H17N3O2/c21-13-15-6-1-3-7-16(15)22-18(24)20(10-11-20)19(25)23-12-9-14-5-2-4-8-17(14)23/h1-8H,9-12H2,(H,22,24). The van der Waals surface area contributed by atoms with Gasteiger partial charge in [0, 0.05) is 12.2 Å².